The number of hydrogen-bond acceptors (Lipinski definition) is 6. The Hall–Kier alpha value is -3.56. The van der Waals surface area contributed by atoms with Gasteiger partial charge in [0.05, 0.1) is 6.20 Å². The van der Waals surface area contributed by atoms with E-state index in [4.69, 9.17) is 0 Å². The summed E-state index contributed by atoms with van der Waals surface area (Å²) in [6.07, 6.45) is 6.56. The minimum absolute atomic E-state index is 0.159. The average Bonchev–Trinajstić information content (AvgIpc) is 3.03. The maximum atomic E-state index is 12.7. The van der Waals surface area contributed by atoms with Crippen molar-refractivity contribution in [2.24, 2.45) is 5.92 Å². The van der Waals surface area contributed by atoms with E-state index in [1.807, 2.05) is 0 Å². The third-order valence-electron chi connectivity index (χ3n) is 5.30. The zero-order chi connectivity index (χ0) is 19.7. The molecular formula is C18H18N6O4. The average molecular weight is 382 g/mol. The van der Waals surface area contributed by atoms with Crippen LogP contribution in [0.3, 0.4) is 0 Å². The van der Waals surface area contributed by atoms with Crippen molar-refractivity contribution in [2.75, 3.05) is 13.1 Å². The second-order valence-corrected chi connectivity index (χ2v) is 6.82. The van der Waals surface area contributed by atoms with Crippen LogP contribution in [-0.2, 0) is 10.3 Å². The van der Waals surface area contributed by atoms with Crippen molar-refractivity contribution in [1.29, 1.82) is 0 Å². The molecule has 10 nitrogen and oxygen atoms in total. The van der Waals surface area contributed by atoms with Gasteiger partial charge < -0.3 is 15.2 Å². The molecule has 0 bridgehead atoms. The molecule has 0 aromatic carbocycles. The van der Waals surface area contributed by atoms with Crippen molar-refractivity contribution in [3.05, 3.63) is 58.5 Å². The number of piperidine rings is 1. The van der Waals surface area contributed by atoms with Crippen molar-refractivity contribution in [1.82, 2.24) is 30.5 Å². The minimum atomic E-state index is -1.20. The zero-order valence-corrected chi connectivity index (χ0v) is 14.8. The molecule has 4 rings (SSSR count). The summed E-state index contributed by atoms with van der Waals surface area (Å²) >= 11 is 0. The normalized spacial score (nSPS) is 22.6. The summed E-state index contributed by atoms with van der Waals surface area (Å²) in [6, 6.07) is 2.94. The highest BCUT2D eigenvalue weighted by Crippen LogP contribution is 2.38. The summed E-state index contributed by atoms with van der Waals surface area (Å²) in [7, 11) is 0. The van der Waals surface area contributed by atoms with E-state index in [2.05, 4.69) is 25.6 Å². The highest BCUT2D eigenvalue weighted by molar-refractivity contribution is 6.07. The lowest BCUT2D eigenvalue weighted by atomic mass is 9.73. The Morgan fingerprint density at radius 3 is 2.54 bits per heavy atom. The van der Waals surface area contributed by atoms with Gasteiger partial charge in [0.2, 0.25) is 0 Å². The van der Waals surface area contributed by atoms with Gasteiger partial charge in [0, 0.05) is 37.2 Å². The molecule has 144 valence electrons. The van der Waals surface area contributed by atoms with Gasteiger partial charge in [-0.15, -0.1) is 0 Å². The first-order chi connectivity index (χ1) is 13.5. The Labute approximate surface area is 159 Å². The molecule has 10 heteroatoms. The number of carbonyl (C=O) groups excluding carboxylic acids is 3. The van der Waals surface area contributed by atoms with Gasteiger partial charge in [-0.05, 0) is 24.8 Å². The topological polar surface area (TPSA) is 137 Å². The van der Waals surface area contributed by atoms with Crippen LogP contribution in [0.25, 0.3) is 0 Å². The fourth-order valence-corrected chi connectivity index (χ4v) is 3.93. The van der Waals surface area contributed by atoms with Crippen LogP contribution in [0, 0.1) is 5.92 Å². The molecule has 2 saturated heterocycles. The Balaban J connectivity index is 1.55. The number of H-pyrrole nitrogens is 1. The van der Waals surface area contributed by atoms with E-state index in [-0.39, 0.29) is 23.1 Å². The van der Waals surface area contributed by atoms with Gasteiger partial charge in [-0.3, -0.25) is 24.7 Å². The van der Waals surface area contributed by atoms with E-state index in [0.717, 1.165) is 6.20 Å². The summed E-state index contributed by atoms with van der Waals surface area (Å²) < 4.78 is 0. The molecule has 0 unspecified atom stereocenters. The third kappa shape index (κ3) is 2.92. The Kier molecular flexibility index (Phi) is 4.38. The van der Waals surface area contributed by atoms with Gasteiger partial charge >= 0.3 is 6.03 Å². The van der Waals surface area contributed by atoms with Crippen LogP contribution in [0.5, 0.6) is 0 Å². The Bertz CT molecular complexity index is 963. The van der Waals surface area contributed by atoms with Gasteiger partial charge in [-0.1, -0.05) is 6.07 Å². The molecule has 4 heterocycles. The number of rotatable bonds is 3. The minimum Gasteiger partial charge on any atom is -0.337 e. The van der Waals surface area contributed by atoms with Crippen LogP contribution >= 0.6 is 0 Å². The molecule has 4 amide bonds. The Morgan fingerprint density at radius 1 is 1.18 bits per heavy atom. The van der Waals surface area contributed by atoms with E-state index in [9.17, 15) is 19.2 Å². The first kappa shape index (κ1) is 17.8. The van der Waals surface area contributed by atoms with Crippen LogP contribution in [0.15, 0.2) is 41.7 Å². The molecule has 0 radical (unpaired) electrons. The molecule has 28 heavy (non-hydrogen) atoms. The summed E-state index contributed by atoms with van der Waals surface area (Å²) in [4.78, 5) is 60.4. The number of pyridine rings is 1. The van der Waals surface area contributed by atoms with Crippen LogP contribution in [0.4, 0.5) is 4.79 Å². The lowest BCUT2D eigenvalue weighted by molar-refractivity contribution is -0.127. The largest absolute Gasteiger partial charge is 0.337 e. The summed E-state index contributed by atoms with van der Waals surface area (Å²) in [6.45, 7) is 0.797. The first-order valence-corrected chi connectivity index (χ1v) is 8.89. The lowest BCUT2D eigenvalue weighted by Gasteiger charge is -2.40. The van der Waals surface area contributed by atoms with E-state index < -0.39 is 17.5 Å². The summed E-state index contributed by atoms with van der Waals surface area (Å²) in [5.41, 5.74) is -0.800. The number of carbonyl (C=O) groups is 3. The lowest BCUT2D eigenvalue weighted by Crippen LogP contribution is -2.54. The van der Waals surface area contributed by atoms with Gasteiger partial charge in [0.15, 0.2) is 5.54 Å². The molecule has 2 aliphatic heterocycles. The molecule has 2 aliphatic rings. The standard InChI is InChI=1S/C18H18N6O4/c25-14-10-20-13(9-21-14)15(26)24-6-3-11(4-7-24)18(12-2-1-5-19-8-12)16(27)22-17(28)23-18/h1-2,5,8-11H,3-4,6-7H2,(H,21,25)(H2,22,23,27,28)/t18-/m0/s1. The summed E-state index contributed by atoms with van der Waals surface area (Å²) in [5.74, 6) is -0.890. The number of hydrogen-bond donors (Lipinski definition) is 3. The van der Waals surface area contributed by atoms with E-state index >= 15 is 0 Å². The monoisotopic (exact) mass is 382 g/mol. The van der Waals surface area contributed by atoms with E-state index in [0.29, 0.717) is 31.5 Å². The number of nitrogens with zero attached hydrogens (tertiary/aromatic N) is 3. The van der Waals surface area contributed by atoms with Crippen molar-refractivity contribution < 1.29 is 14.4 Å². The number of aromatic amines is 1. The number of aromatic nitrogens is 3. The number of urea groups is 1. The van der Waals surface area contributed by atoms with Gasteiger partial charge in [-0.2, -0.15) is 0 Å². The number of nitrogens with one attached hydrogen (secondary N) is 3. The van der Waals surface area contributed by atoms with Gasteiger partial charge in [-0.25, -0.2) is 9.78 Å². The zero-order valence-electron chi connectivity index (χ0n) is 14.8. The van der Waals surface area contributed by atoms with Crippen molar-refractivity contribution in [3.63, 3.8) is 0 Å². The van der Waals surface area contributed by atoms with E-state index in [1.54, 1.807) is 29.4 Å². The van der Waals surface area contributed by atoms with Crippen molar-refractivity contribution >= 4 is 17.8 Å². The quantitative estimate of drug-likeness (QED) is 0.626. The molecule has 2 aromatic heterocycles. The second-order valence-electron chi connectivity index (χ2n) is 6.82. The first-order valence-electron chi connectivity index (χ1n) is 8.89. The predicted molar refractivity (Wildman–Crippen MR) is 96.1 cm³/mol. The van der Waals surface area contributed by atoms with Crippen molar-refractivity contribution in [2.45, 2.75) is 18.4 Å². The highest BCUT2D eigenvalue weighted by atomic mass is 16.2. The second kappa shape index (κ2) is 6.87. The number of likely N-dealkylation sites (tertiary alicyclic amines) is 1. The third-order valence-corrected chi connectivity index (χ3v) is 5.30. The van der Waals surface area contributed by atoms with Crippen LogP contribution in [0.1, 0.15) is 28.9 Å². The molecule has 3 N–H and O–H groups in total. The van der Waals surface area contributed by atoms with Crippen LogP contribution < -0.4 is 16.2 Å². The predicted octanol–water partition coefficient (Wildman–Crippen LogP) is -0.248. The fraction of sp³-hybridized carbons (Fsp3) is 0.333. The van der Waals surface area contributed by atoms with Gasteiger partial charge in [0.25, 0.3) is 17.4 Å². The van der Waals surface area contributed by atoms with Crippen LogP contribution in [-0.4, -0.2) is 50.8 Å². The van der Waals surface area contributed by atoms with E-state index in [1.165, 1.54) is 6.20 Å². The molecule has 0 aliphatic carbocycles. The molecule has 0 saturated carbocycles. The SMILES string of the molecule is O=C1NC(=O)[C@@](c2cccnc2)(C2CCN(C(=O)c3c[nH]c(=O)cn3)CC2)N1. The maximum Gasteiger partial charge on any atom is 0.322 e. The number of imide groups is 1. The molecule has 2 aromatic rings. The maximum absolute atomic E-state index is 12.7. The number of amides is 4. The van der Waals surface area contributed by atoms with Crippen LogP contribution in [0.2, 0.25) is 0 Å². The molecule has 1 atom stereocenters. The van der Waals surface area contributed by atoms with Crippen molar-refractivity contribution in [3.8, 4) is 0 Å². The smallest absolute Gasteiger partial charge is 0.322 e. The Morgan fingerprint density at radius 2 is 1.96 bits per heavy atom. The molecule has 2 fully saturated rings. The molecule has 0 spiro atoms. The molecular weight excluding hydrogens is 364 g/mol. The van der Waals surface area contributed by atoms with Gasteiger partial charge in [0.1, 0.15) is 5.69 Å². The highest BCUT2D eigenvalue weighted by Gasteiger charge is 2.53. The summed E-state index contributed by atoms with van der Waals surface area (Å²) in [5, 5.41) is 5.12. The fourth-order valence-electron chi connectivity index (χ4n) is 3.93.